The molecule has 0 saturated carbocycles. The topological polar surface area (TPSA) is 82.6 Å². The molecule has 3 aromatic rings. The summed E-state index contributed by atoms with van der Waals surface area (Å²) in [6.45, 7) is 4.64. The second-order valence-electron chi connectivity index (χ2n) is 9.08. The van der Waals surface area contributed by atoms with Crippen molar-refractivity contribution in [3.05, 3.63) is 71.5 Å². The van der Waals surface area contributed by atoms with Gasteiger partial charge >= 0.3 is 0 Å². The van der Waals surface area contributed by atoms with Crippen LogP contribution in [0.5, 0.6) is 0 Å². The Balaban J connectivity index is 1.20. The van der Waals surface area contributed by atoms with Gasteiger partial charge in [0.25, 0.3) is 0 Å². The molecule has 2 atom stereocenters. The maximum Gasteiger partial charge on any atom is 0.209 e. The molecule has 2 aromatic heterocycles. The fourth-order valence-electron chi connectivity index (χ4n) is 4.38. The van der Waals surface area contributed by atoms with Crippen LogP contribution in [0.15, 0.2) is 58.9 Å². The summed E-state index contributed by atoms with van der Waals surface area (Å²) >= 11 is 0. The number of nitrogens with zero attached hydrogens (tertiary/aromatic N) is 4. The molecule has 5 rings (SSSR count). The first-order valence-electron chi connectivity index (χ1n) is 12.4. The summed E-state index contributed by atoms with van der Waals surface area (Å²) < 4.78 is 19.5. The second kappa shape index (κ2) is 11.4. The predicted molar refractivity (Wildman–Crippen MR) is 134 cm³/mol. The van der Waals surface area contributed by atoms with Gasteiger partial charge in [-0.3, -0.25) is 4.79 Å². The third-order valence-electron chi connectivity index (χ3n) is 6.42. The maximum atomic E-state index is 10.8. The summed E-state index contributed by atoms with van der Waals surface area (Å²) in [7, 11) is 0. The molecular weight excluding hydrogens is 456 g/mol. The zero-order valence-corrected chi connectivity index (χ0v) is 20.4. The lowest BCUT2D eigenvalue weighted by Gasteiger charge is -2.26. The van der Waals surface area contributed by atoms with Crippen LogP contribution in [0.2, 0.25) is 0 Å². The molecular formula is C28H30N4O4. The van der Waals surface area contributed by atoms with Gasteiger partial charge in [0.05, 0.1) is 6.54 Å². The molecule has 0 N–H and O–H groups in total. The monoisotopic (exact) mass is 486 g/mol. The van der Waals surface area contributed by atoms with E-state index >= 15 is 0 Å². The fraction of sp³-hybridized carbons (Fsp3) is 0.393. The lowest BCUT2D eigenvalue weighted by molar-refractivity contribution is -0.188. The van der Waals surface area contributed by atoms with Gasteiger partial charge in [-0.15, -0.1) is 0 Å². The Kier molecular flexibility index (Phi) is 7.60. The molecule has 0 bridgehead atoms. The Morgan fingerprint density at radius 3 is 2.89 bits per heavy atom. The fourth-order valence-corrected chi connectivity index (χ4v) is 4.38. The Morgan fingerprint density at radius 2 is 2.14 bits per heavy atom. The van der Waals surface area contributed by atoms with Crippen molar-refractivity contribution < 1.29 is 18.8 Å². The first kappa shape index (κ1) is 24.0. The molecule has 2 aliphatic heterocycles. The number of hydrogen-bond donors (Lipinski definition) is 0. The molecule has 1 aromatic carbocycles. The van der Waals surface area contributed by atoms with Crippen molar-refractivity contribution in [3.63, 3.8) is 0 Å². The first-order valence-corrected chi connectivity index (χ1v) is 12.4. The Morgan fingerprint density at radius 1 is 1.25 bits per heavy atom. The third-order valence-corrected chi connectivity index (χ3v) is 6.42. The van der Waals surface area contributed by atoms with E-state index in [1.807, 2.05) is 54.1 Å². The van der Waals surface area contributed by atoms with Crippen LogP contribution in [0.1, 0.15) is 55.8 Å². The van der Waals surface area contributed by atoms with Crippen LogP contribution in [0.25, 0.3) is 11.3 Å². The van der Waals surface area contributed by atoms with Crippen LogP contribution < -0.4 is 0 Å². The lowest BCUT2D eigenvalue weighted by Crippen LogP contribution is -2.26. The highest BCUT2D eigenvalue weighted by Gasteiger charge is 2.21. The van der Waals surface area contributed by atoms with Crippen LogP contribution in [0, 0.1) is 11.8 Å². The molecule has 1 unspecified atom stereocenters. The van der Waals surface area contributed by atoms with Gasteiger partial charge in [-0.05, 0) is 56.9 Å². The van der Waals surface area contributed by atoms with E-state index < -0.39 is 0 Å². The van der Waals surface area contributed by atoms with Crippen LogP contribution in [0.3, 0.4) is 0 Å². The summed E-state index contributed by atoms with van der Waals surface area (Å²) in [5.41, 5.74) is 3.75. The number of amides is 1. The van der Waals surface area contributed by atoms with Crippen molar-refractivity contribution in [2.45, 2.75) is 51.5 Å². The standard InChI is InChI=1S/C28H30N4O4/c1-21(35-27-4-2-3-17-34-27)28-29-13-16-32(28)19-25-18-26(36-30-25)24-9-7-22(8-10-24)5-6-23-11-14-31(20-33)15-12-23/h7-11,13,16,18,20-21,27H,2-4,12,14-15,17,19H2,1H3/t21-,27?/m0/s1. The van der Waals surface area contributed by atoms with E-state index in [0.29, 0.717) is 18.8 Å². The van der Waals surface area contributed by atoms with Gasteiger partial charge in [0.15, 0.2) is 12.1 Å². The van der Waals surface area contributed by atoms with Gasteiger partial charge in [0.1, 0.15) is 17.6 Å². The number of imidazole rings is 1. The summed E-state index contributed by atoms with van der Waals surface area (Å²) in [5.74, 6) is 7.96. The molecule has 1 saturated heterocycles. The molecule has 1 amide bonds. The van der Waals surface area contributed by atoms with Crippen LogP contribution >= 0.6 is 0 Å². The van der Waals surface area contributed by atoms with E-state index in [2.05, 4.69) is 22.0 Å². The molecule has 8 heteroatoms. The minimum absolute atomic E-state index is 0.169. The van der Waals surface area contributed by atoms with Crippen LogP contribution in [-0.4, -0.2) is 52.0 Å². The maximum absolute atomic E-state index is 10.8. The number of benzene rings is 1. The number of ether oxygens (including phenoxy) is 2. The van der Waals surface area contributed by atoms with Crippen molar-refractivity contribution >= 4 is 6.41 Å². The predicted octanol–water partition coefficient (Wildman–Crippen LogP) is 4.33. The minimum atomic E-state index is -0.184. The molecule has 186 valence electrons. The largest absolute Gasteiger partial charge is 0.356 e. The van der Waals surface area contributed by atoms with Crippen molar-refractivity contribution in [1.82, 2.24) is 19.6 Å². The average Bonchev–Trinajstić information content (AvgIpc) is 3.59. The quantitative estimate of drug-likeness (QED) is 0.365. The number of aromatic nitrogens is 3. The van der Waals surface area contributed by atoms with Gasteiger partial charge in [-0.1, -0.05) is 23.1 Å². The molecule has 4 heterocycles. The number of rotatable bonds is 7. The zero-order chi connectivity index (χ0) is 24.7. The number of carbonyl (C=O) groups is 1. The van der Waals surface area contributed by atoms with Gasteiger partial charge in [-0.25, -0.2) is 4.98 Å². The second-order valence-corrected chi connectivity index (χ2v) is 9.08. The van der Waals surface area contributed by atoms with Gasteiger partial charge < -0.3 is 23.5 Å². The molecule has 8 nitrogen and oxygen atoms in total. The number of hydrogen-bond acceptors (Lipinski definition) is 6. The lowest BCUT2D eigenvalue weighted by atomic mass is 10.1. The molecule has 2 aliphatic rings. The van der Waals surface area contributed by atoms with E-state index in [-0.39, 0.29) is 12.4 Å². The van der Waals surface area contributed by atoms with E-state index in [9.17, 15) is 4.79 Å². The molecule has 0 radical (unpaired) electrons. The van der Waals surface area contributed by atoms with Gasteiger partial charge in [0.2, 0.25) is 6.41 Å². The number of carbonyl (C=O) groups excluding carboxylic acids is 1. The van der Waals surface area contributed by atoms with E-state index in [1.54, 1.807) is 11.1 Å². The normalized spacial score (nSPS) is 18.8. The molecule has 1 fully saturated rings. The molecule has 0 spiro atoms. The third kappa shape index (κ3) is 5.93. The minimum Gasteiger partial charge on any atom is -0.356 e. The van der Waals surface area contributed by atoms with E-state index in [1.165, 1.54) is 0 Å². The highest BCUT2D eigenvalue weighted by molar-refractivity contribution is 5.59. The highest BCUT2D eigenvalue weighted by atomic mass is 16.7. The first-order chi connectivity index (χ1) is 17.7. The highest BCUT2D eigenvalue weighted by Crippen LogP contribution is 2.25. The smallest absolute Gasteiger partial charge is 0.209 e. The van der Waals surface area contributed by atoms with Crippen molar-refractivity contribution in [1.29, 1.82) is 0 Å². The van der Waals surface area contributed by atoms with E-state index in [4.69, 9.17) is 14.0 Å². The Bertz CT molecular complexity index is 1260. The Hall–Kier alpha value is -3.67. The van der Waals surface area contributed by atoms with Crippen molar-refractivity contribution in [2.24, 2.45) is 0 Å². The van der Waals surface area contributed by atoms with E-state index in [0.717, 1.165) is 73.5 Å². The SMILES string of the molecule is C[C@H](OC1CCCCO1)c1nccn1Cc1cc(-c2ccc(C#CC3=CCN(C=O)CC3)cc2)on1. The van der Waals surface area contributed by atoms with Crippen molar-refractivity contribution in [3.8, 4) is 23.2 Å². The average molecular weight is 487 g/mol. The zero-order valence-electron chi connectivity index (χ0n) is 20.4. The van der Waals surface area contributed by atoms with Crippen LogP contribution in [0.4, 0.5) is 0 Å². The van der Waals surface area contributed by atoms with Gasteiger partial charge in [-0.2, -0.15) is 0 Å². The molecule has 0 aliphatic carbocycles. The summed E-state index contributed by atoms with van der Waals surface area (Å²) in [6.07, 6.45) is 10.2. The summed E-state index contributed by atoms with van der Waals surface area (Å²) in [6, 6.07) is 9.88. The Labute approximate surface area is 210 Å². The van der Waals surface area contributed by atoms with Crippen molar-refractivity contribution in [2.75, 3.05) is 19.7 Å². The van der Waals surface area contributed by atoms with Gasteiger partial charge in [0, 0.05) is 54.9 Å². The summed E-state index contributed by atoms with van der Waals surface area (Å²) in [4.78, 5) is 17.1. The molecule has 36 heavy (non-hydrogen) atoms. The summed E-state index contributed by atoms with van der Waals surface area (Å²) in [5, 5.41) is 4.26. The van der Waals surface area contributed by atoms with Crippen LogP contribution in [-0.2, 0) is 20.8 Å².